The first-order valence-electron chi connectivity index (χ1n) is 5.17. The summed E-state index contributed by atoms with van der Waals surface area (Å²) < 4.78 is 6.89. The topological polar surface area (TPSA) is 9.23 Å². The summed E-state index contributed by atoms with van der Waals surface area (Å²) in [7, 11) is 0. The van der Waals surface area contributed by atoms with Crippen molar-refractivity contribution >= 4 is 22.6 Å². The maximum atomic E-state index is 5.61. The van der Waals surface area contributed by atoms with E-state index >= 15 is 0 Å². The van der Waals surface area contributed by atoms with Crippen LogP contribution in [0.2, 0.25) is 0 Å². The van der Waals surface area contributed by atoms with E-state index in [1.165, 1.54) is 28.4 Å². The molecule has 14 heavy (non-hydrogen) atoms. The third-order valence-corrected chi connectivity index (χ3v) is 3.27. The summed E-state index contributed by atoms with van der Waals surface area (Å²) in [6.45, 7) is 1.69. The van der Waals surface area contributed by atoms with Gasteiger partial charge in [-0.05, 0) is 52.6 Å². The van der Waals surface area contributed by atoms with Crippen molar-refractivity contribution in [3.63, 3.8) is 0 Å². The van der Waals surface area contributed by atoms with Crippen LogP contribution in [0.5, 0.6) is 0 Å². The summed E-state index contributed by atoms with van der Waals surface area (Å²) in [6.07, 6.45) is 4.10. The first-order chi connectivity index (χ1) is 6.84. The molecule has 0 spiro atoms. The average molecular weight is 302 g/mol. The van der Waals surface area contributed by atoms with Gasteiger partial charge < -0.3 is 4.74 Å². The molecular formula is C12H15IO. The SMILES string of the molecule is Ic1ccc(COCCC2CC2)cc1. The second-order valence-corrected chi connectivity index (χ2v) is 5.16. The van der Waals surface area contributed by atoms with Gasteiger partial charge in [-0.25, -0.2) is 0 Å². The van der Waals surface area contributed by atoms with E-state index in [1.807, 2.05) is 0 Å². The van der Waals surface area contributed by atoms with Gasteiger partial charge in [-0.2, -0.15) is 0 Å². The summed E-state index contributed by atoms with van der Waals surface area (Å²) in [6, 6.07) is 8.53. The van der Waals surface area contributed by atoms with Crippen molar-refractivity contribution < 1.29 is 4.74 Å². The van der Waals surface area contributed by atoms with Crippen LogP contribution in [0.1, 0.15) is 24.8 Å². The molecule has 0 amide bonds. The van der Waals surface area contributed by atoms with Crippen LogP contribution in [0.15, 0.2) is 24.3 Å². The van der Waals surface area contributed by atoms with E-state index in [0.29, 0.717) is 0 Å². The molecule has 0 radical (unpaired) electrons. The molecule has 0 atom stereocenters. The zero-order chi connectivity index (χ0) is 9.80. The standard InChI is InChI=1S/C12H15IO/c13-12-5-3-11(4-6-12)9-14-8-7-10-1-2-10/h3-6,10H,1-2,7-9H2. The predicted molar refractivity (Wildman–Crippen MR) is 66.2 cm³/mol. The Labute approximate surface area is 99.0 Å². The minimum absolute atomic E-state index is 0.768. The first-order valence-corrected chi connectivity index (χ1v) is 6.24. The van der Waals surface area contributed by atoms with E-state index in [9.17, 15) is 0 Å². The lowest BCUT2D eigenvalue weighted by atomic mass is 10.2. The summed E-state index contributed by atoms with van der Waals surface area (Å²) >= 11 is 2.32. The Morgan fingerprint density at radius 1 is 1.21 bits per heavy atom. The van der Waals surface area contributed by atoms with Crippen LogP contribution < -0.4 is 0 Å². The van der Waals surface area contributed by atoms with E-state index in [2.05, 4.69) is 46.9 Å². The van der Waals surface area contributed by atoms with E-state index in [1.54, 1.807) is 0 Å². The second kappa shape index (κ2) is 5.12. The van der Waals surface area contributed by atoms with Gasteiger partial charge in [0.15, 0.2) is 0 Å². The summed E-state index contributed by atoms with van der Waals surface area (Å²) in [4.78, 5) is 0. The summed E-state index contributed by atoms with van der Waals surface area (Å²) in [5, 5.41) is 0. The predicted octanol–water partition coefficient (Wildman–Crippen LogP) is 3.61. The van der Waals surface area contributed by atoms with Crippen LogP contribution in [-0.4, -0.2) is 6.61 Å². The molecule has 2 rings (SSSR count). The van der Waals surface area contributed by atoms with Crippen molar-refractivity contribution in [2.75, 3.05) is 6.61 Å². The fourth-order valence-electron chi connectivity index (χ4n) is 1.43. The lowest BCUT2D eigenvalue weighted by Crippen LogP contribution is -1.96. The van der Waals surface area contributed by atoms with Crippen molar-refractivity contribution in [3.8, 4) is 0 Å². The Balaban J connectivity index is 1.66. The van der Waals surface area contributed by atoms with Crippen LogP contribution in [-0.2, 0) is 11.3 Å². The number of hydrogen-bond donors (Lipinski definition) is 0. The van der Waals surface area contributed by atoms with Crippen molar-refractivity contribution in [2.24, 2.45) is 5.92 Å². The molecule has 1 aromatic rings. The summed E-state index contributed by atoms with van der Waals surface area (Å²) in [5.74, 6) is 0.978. The van der Waals surface area contributed by atoms with Crippen LogP contribution in [0.4, 0.5) is 0 Å². The summed E-state index contributed by atoms with van der Waals surface area (Å²) in [5.41, 5.74) is 1.28. The van der Waals surface area contributed by atoms with Gasteiger partial charge in [0.2, 0.25) is 0 Å². The highest BCUT2D eigenvalue weighted by Gasteiger charge is 2.20. The van der Waals surface area contributed by atoms with Crippen molar-refractivity contribution in [1.29, 1.82) is 0 Å². The zero-order valence-electron chi connectivity index (χ0n) is 8.21. The van der Waals surface area contributed by atoms with Crippen molar-refractivity contribution in [3.05, 3.63) is 33.4 Å². The van der Waals surface area contributed by atoms with Gasteiger partial charge >= 0.3 is 0 Å². The molecule has 1 aliphatic rings. The van der Waals surface area contributed by atoms with Crippen LogP contribution in [0, 0.1) is 9.49 Å². The Kier molecular flexibility index (Phi) is 3.81. The number of hydrogen-bond acceptors (Lipinski definition) is 1. The molecule has 0 N–H and O–H groups in total. The van der Waals surface area contributed by atoms with Gasteiger partial charge in [0, 0.05) is 10.2 Å². The highest BCUT2D eigenvalue weighted by molar-refractivity contribution is 14.1. The average Bonchev–Trinajstić information content (AvgIpc) is 2.99. The Morgan fingerprint density at radius 3 is 2.57 bits per heavy atom. The molecule has 1 nitrogen and oxygen atoms in total. The zero-order valence-corrected chi connectivity index (χ0v) is 10.4. The number of halogens is 1. The maximum absolute atomic E-state index is 5.61. The lowest BCUT2D eigenvalue weighted by Gasteiger charge is -2.03. The normalized spacial score (nSPS) is 15.8. The molecule has 0 heterocycles. The fraction of sp³-hybridized carbons (Fsp3) is 0.500. The number of ether oxygens (including phenoxy) is 1. The molecule has 1 fully saturated rings. The fourth-order valence-corrected chi connectivity index (χ4v) is 1.79. The maximum Gasteiger partial charge on any atom is 0.0716 e. The van der Waals surface area contributed by atoms with Crippen LogP contribution in [0.25, 0.3) is 0 Å². The lowest BCUT2D eigenvalue weighted by molar-refractivity contribution is 0.115. The smallest absolute Gasteiger partial charge is 0.0716 e. The first kappa shape index (κ1) is 10.4. The number of rotatable bonds is 5. The third-order valence-electron chi connectivity index (χ3n) is 2.55. The molecule has 1 saturated carbocycles. The quantitative estimate of drug-likeness (QED) is 0.596. The Morgan fingerprint density at radius 2 is 1.93 bits per heavy atom. The molecule has 76 valence electrons. The van der Waals surface area contributed by atoms with Gasteiger partial charge in [-0.15, -0.1) is 0 Å². The minimum atomic E-state index is 0.768. The van der Waals surface area contributed by atoms with Crippen LogP contribution >= 0.6 is 22.6 Å². The largest absolute Gasteiger partial charge is 0.377 e. The van der Waals surface area contributed by atoms with Gasteiger partial charge in [0.1, 0.15) is 0 Å². The molecule has 0 aromatic heterocycles. The molecule has 1 aliphatic carbocycles. The van der Waals surface area contributed by atoms with E-state index in [0.717, 1.165) is 19.1 Å². The molecule has 0 unspecified atom stereocenters. The van der Waals surface area contributed by atoms with Gasteiger partial charge in [0.25, 0.3) is 0 Å². The van der Waals surface area contributed by atoms with E-state index in [4.69, 9.17) is 4.74 Å². The van der Waals surface area contributed by atoms with Gasteiger partial charge in [-0.3, -0.25) is 0 Å². The molecule has 2 heteroatoms. The minimum Gasteiger partial charge on any atom is -0.377 e. The second-order valence-electron chi connectivity index (χ2n) is 3.91. The van der Waals surface area contributed by atoms with Gasteiger partial charge in [0.05, 0.1) is 6.61 Å². The molecule has 0 saturated heterocycles. The Bertz CT molecular complexity index is 277. The third kappa shape index (κ3) is 3.58. The van der Waals surface area contributed by atoms with E-state index < -0.39 is 0 Å². The van der Waals surface area contributed by atoms with E-state index in [-0.39, 0.29) is 0 Å². The molecule has 0 aliphatic heterocycles. The molecule has 0 bridgehead atoms. The monoisotopic (exact) mass is 302 g/mol. The highest BCUT2D eigenvalue weighted by Crippen LogP contribution is 2.32. The molecule has 1 aromatic carbocycles. The van der Waals surface area contributed by atoms with Crippen LogP contribution in [0.3, 0.4) is 0 Å². The number of benzene rings is 1. The van der Waals surface area contributed by atoms with Crippen molar-refractivity contribution in [1.82, 2.24) is 0 Å². The Hall–Kier alpha value is -0.0900. The van der Waals surface area contributed by atoms with Gasteiger partial charge in [-0.1, -0.05) is 25.0 Å². The molecular weight excluding hydrogens is 287 g/mol. The van der Waals surface area contributed by atoms with Crippen molar-refractivity contribution in [2.45, 2.75) is 25.9 Å². The highest BCUT2D eigenvalue weighted by atomic mass is 127.